The standard InChI is InChI=1S/C19H19FN2O2/c1-3-13-7-4-6-12(2)18(13)21-19(23)17-11-16(22-24-17)14-8-5-9-15(20)10-14/h4-10,17H,3,11H2,1-2H3,(H,21,23)/t17-/m1/s1. The van der Waals surface area contributed by atoms with E-state index in [9.17, 15) is 9.18 Å². The normalized spacial score (nSPS) is 16.5. The average Bonchev–Trinajstić information content (AvgIpc) is 3.07. The second-order valence-electron chi connectivity index (χ2n) is 5.80. The number of carbonyl (C=O) groups is 1. The maximum atomic E-state index is 13.3. The van der Waals surface area contributed by atoms with Gasteiger partial charge in [0, 0.05) is 17.7 Å². The Kier molecular flexibility index (Phi) is 4.60. The summed E-state index contributed by atoms with van der Waals surface area (Å²) < 4.78 is 13.3. The van der Waals surface area contributed by atoms with Crippen LogP contribution < -0.4 is 5.32 Å². The summed E-state index contributed by atoms with van der Waals surface area (Å²) in [7, 11) is 0. The van der Waals surface area contributed by atoms with Crippen LogP contribution in [0, 0.1) is 12.7 Å². The molecule has 1 aliphatic rings. The van der Waals surface area contributed by atoms with Crippen LogP contribution in [-0.4, -0.2) is 17.7 Å². The molecule has 124 valence electrons. The van der Waals surface area contributed by atoms with E-state index in [-0.39, 0.29) is 11.7 Å². The second-order valence-corrected chi connectivity index (χ2v) is 5.80. The predicted molar refractivity (Wildman–Crippen MR) is 91.6 cm³/mol. The van der Waals surface area contributed by atoms with Crippen molar-refractivity contribution in [3.63, 3.8) is 0 Å². The Morgan fingerprint density at radius 2 is 2.12 bits per heavy atom. The minimum Gasteiger partial charge on any atom is -0.382 e. The first kappa shape index (κ1) is 16.2. The fourth-order valence-electron chi connectivity index (χ4n) is 2.76. The van der Waals surface area contributed by atoms with Crippen LogP contribution >= 0.6 is 0 Å². The summed E-state index contributed by atoms with van der Waals surface area (Å²) in [5, 5.41) is 6.89. The number of aryl methyl sites for hydroxylation is 2. The average molecular weight is 326 g/mol. The number of hydrogen-bond donors (Lipinski definition) is 1. The molecule has 1 aliphatic heterocycles. The van der Waals surface area contributed by atoms with E-state index in [0.29, 0.717) is 17.7 Å². The molecule has 1 heterocycles. The highest BCUT2D eigenvalue weighted by molar-refractivity contribution is 6.06. The fourth-order valence-corrected chi connectivity index (χ4v) is 2.76. The number of oxime groups is 1. The smallest absolute Gasteiger partial charge is 0.268 e. The number of hydrogen-bond acceptors (Lipinski definition) is 3. The minimum absolute atomic E-state index is 0.242. The SMILES string of the molecule is CCc1cccc(C)c1NC(=O)[C@H]1CC(c2cccc(F)c2)=NO1. The van der Waals surface area contributed by atoms with Gasteiger partial charge in [0.25, 0.3) is 5.91 Å². The molecule has 5 heteroatoms. The molecule has 0 saturated heterocycles. The molecule has 24 heavy (non-hydrogen) atoms. The molecule has 0 aliphatic carbocycles. The van der Waals surface area contributed by atoms with Crippen molar-refractivity contribution in [3.8, 4) is 0 Å². The van der Waals surface area contributed by atoms with Crippen LogP contribution in [0.25, 0.3) is 0 Å². The Balaban J connectivity index is 1.70. The van der Waals surface area contributed by atoms with Gasteiger partial charge in [-0.1, -0.05) is 42.4 Å². The Hall–Kier alpha value is -2.69. The van der Waals surface area contributed by atoms with Crippen LogP contribution in [0.1, 0.15) is 30.0 Å². The monoisotopic (exact) mass is 326 g/mol. The van der Waals surface area contributed by atoms with Gasteiger partial charge in [0.05, 0.1) is 5.71 Å². The summed E-state index contributed by atoms with van der Waals surface area (Å²) in [5.74, 6) is -0.579. The zero-order valence-corrected chi connectivity index (χ0v) is 13.7. The topological polar surface area (TPSA) is 50.7 Å². The Bertz CT molecular complexity index is 802. The summed E-state index contributed by atoms with van der Waals surface area (Å²) in [6.07, 6.45) is 0.448. The maximum Gasteiger partial charge on any atom is 0.268 e. The molecule has 0 unspecified atom stereocenters. The van der Waals surface area contributed by atoms with Crippen LogP contribution in [-0.2, 0) is 16.1 Å². The van der Waals surface area contributed by atoms with Crippen LogP contribution in [0.15, 0.2) is 47.6 Å². The molecule has 1 amide bonds. The molecule has 0 radical (unpaired) electrons. The van der Waals surface area contributed by atoms with E-state index in [1.54, 1.807) is 12.1 Å². The van der Waals surface area contributed by atoms with E-state index in [4.69, 9.17) is 4.84 Å². The van der Waals surface area contributed by atoms with E-state index in [2.05, 4.69) is 10.5 Å². The first-order valence-corrected chi connectivity index (χ1v) is 7.96. The van der Waals surface area contributed by atoms with Gasteiger partial charge < -0.3 is 10.2 Å². The number of para-hydroxylation sites is 1. The van der Waals surface area contributed by atoms with E-state index < -0.39 is 6.10 Å². The summed E-state index contributed by atoms with van der Waals surface area (Å²) >= 11 is 0. The number of amides is 1. The number of rotatable bonds is 4. The largest absolute Gasteiger partial charge is 0.382 e. The number of anilines is 1. The van der Waals surface area contributed by atoms with Gasteiger partial charge in [0.2, 0.25) is 6.10 Å². The zero-order chi connectivity index (χ0) is 17.1. The third kappa shape index (κ3) is 3.30. The summed E-state index contributed by atoms with van der Waals surface area (Å²) in [5.41, 5.74) is 4.12. The molecule has 2 aromatic carbocycles. The molecule has 0 spiro atoms. The van der Waals surface area contributed by atoms with Crippen molar-refractivity contribution < 1.29 is 14.0 Å². The number of nitrogens with one attached hydrogen (secondary N) is 1. The van der Waals surface area contributed by atoms with Crippen molar-refractivity contribution in [1.29, 1.82) is 0 Å². The van der Waals surface area contributed by atoms with Crippen molar-refractivity contribution in [1.82, 2.24) is 0 Å². The van der Waals surface area contributed by atoms with Crippen LogP contribution in [0.3, 0.4) is 0 Å². The summed E-state index contributed by atoms with van der Waals surface area (Å²) in [6.45, 7) is 4.00. The Morgan fingerprint density at radius 1 is 1.33 bits per heavy atom. The quantitative estimate of drug-likeness (QED) is 0.928. The number of halogens is 1. The van der Waals surface area contributed by atoms with Crippen LogP contribution in [0.4, 0.5) is 10.1 Å². The van der Waals surface area contributed by atoms with Crippen molar-refractivity contribution in [3.05, 3.63) is 65.0 Å². The highest BCUT2D eigenvalue weighted by atomic mass is 19.1. The summed E-state index contributed by atoms with van der Waals surface area (Å²) in [4.78, 5) is 17.8. The highest BCUT2D eigenvalue weighted by Gasteiger charge is 2.29. The Labute approximate surface area is 140 Å². The molecular weight excluding hydrogens is 307 g/mol. The number of nitrogens with zero attached hydrogens (tertiary/aromatic N) is 1. The van der Waals surface area contributed by atoms with Gasteiger partial charge in [-0.2, -0.15) is 0 Å². The maximum absolute atomic E-state index is 13.3. The lowest BCUT2D eigenvalue weighted by Gasteiger charge is -2.15. The van der Waals surface area contributed by atoms with Crippen molar-refractivity contribution >= 4 is 17.3 Å². The van der Waals surface area contributed by atoms with Crippen molar-refractivity contribution in [2.24, 2.45) is 5.16 Å². The van der Waals surface area contributed by atoms with E-state index in [1.807, 2.05) is 32.0 Å². The third-order valence-corrected chi connectivity index (χ3v) is 4.11. The molecule has 0 saturated carbocycles. The van der Waals surface area contributed by atoms with Gasteiger partial charge in [0.1, 0.15) is 5.82 Å². The molecule has 3 rings (SSSR count). The van der Waals surface area contributed by atoms with E-state index in [0.717, 1.165) is 23.2 Å². The Morgan fingerprint density at radius 3 is 2.88 bits per heavy atom. The zero-order valence-electron chi connectivity index (χ0n) is 13.7. The molecular formula is C19H19FN2O2. The van der Waals surface area contributed by atoms with Gasteiger partial charge in [-0.3, -0.25) is 4.79 Å². The molecule has 0 bridgehead atoms. The first-order valence-electron chi connectivity index (χ1n) is 7.96. The lowest BCUT2D eigenvalue weighted by molar-refractivity contribution is -0.125. The fraction of sp³-hybridized carbons (Fsp3) is 0.263. The van der Waals surface area contributed by atoms with Crippen molar-refractivity contribution in [2.45, 2.75) is 32.8 Å². The van der Waals surface area contributed by atoms with E-state index in [1.165, 1.54) is 12.1 Å². The predicted octanol–water partition coefficient (Wildman–Crippen LogP) is 3.83. The highest BCUT2D eigenvalue weighted by Crippen LogP contribution is 2.23. The van der Waals surface area contributed by atoms with Crippen LogP contribution in [0.5, 0.6) is 0 Å². The molecule has 0 aromatic heterocycles. The van der Waals surface area contributed by atoms with Gasteiger partial charge in [-0.15, -0.1) is 0 Å². The minimum atomic E-state index is -0.701. The second kappa shape index (κ2) is 6.83. The molecule has 2 aromatic rings. The molecule has 1 N–H and O–H groups in total. The molecule has 4 nitrogen and oxygen atoms in total. The summed E-state index contributed by atoms with van der Waals surface area (Å²) in [6, 6.07) is 12.0. The van der Waals surface area contributed by atoms with Gasteiger partial charge in [-0.25, -0.2) is 4.39 Å². The molecule has 1 atom stereocenters. The van der Waals surface area contributed by atoms with Gasteiger partial charge in [-0.05, 0) is 36.6 Å². The lowest BCUT2D eigenvalue weighted by Crippen LogP contribution is -2.28. The number of carbonyl (C=O) groups excluding carboxylic acids is 1. The van der Waals surface area contributed by atoms with Crippen LogP contribution in [0.2, 0.25) is 0 Å². The lowest BCUT2D eigenvalue weighted by atomic mass is 10.0. The van der Waals surface area contributed by atoms with Crippen molar-refractivity contribution in [2.75, 3.05) is 5.32 Å². The first-order chi connectivity index (χ1) is 11.6. The van der Waals surface area contributed by atoms with E-state index >= 15 is 0 Å². The molecule has 0 fully saturated rings. The number of benzene rings is 2. The van der Waals surface area contributed by atoms with Gasteiger partial charge >= 0.3 is 0 Å². The van der Waals surface area contributed by atoms with Gasteiger partial charge in [0.15, 0.2) is 0 Å². The third-order valence-electron chi connectivity index (χ3n) is 4.11.